The van der Waals surface area contributed by atoms with Gasteiger partial charge in [0.2, 0.25) is 0 Å². The second kappa shape index (κ2) is 5.88. The number of non-ortho nitro benzene ring substituents is 2. The summed E-state index contributed by atoms with van der Waals surface area (Å²) >= 11 is 0. The largest absolute Gasteiger partial charge is 0.294 e. The van der Waals surface area contributed by atoms with Crippen LogP contribution >= 0.6 is 0 Å². The van der Waals surface area contributed by atoms with Crippen molar-refractivity contribution in [3.63, 3.8) is 0 Å². The van der Waals surface area contributed by atoms with Crippen LogP contribution in [-0.2, 0) is 6.54 Å². The maximum atomic E-state index is 12.4. The van der Waals surface area contributed by atoms with Crippen LogP contribution < -0.4 is 5.56 Å². The molecule has 0 unspecified atom stereocenters. The highest BCUT2D eigenvalue weighted by Gasteiger charge is 2.11. The zero-order chi connectivity index (χ0) is 17.3. The van der Waals surface area contributed by atoms with E-state index >= 15 is 0 Å². The number of rotatable bonds is 4. The van der Waals surface area contributed by atoms with Crippen LogP contribution in [0.3, 0.4) is 0 Å². The molecule has 0 bridgehead atoms. The van der Waals surface area contributed by atoms with Crippen molar-refractivity contribution in [2.45, 2.75) is 6.54 Å². The molecule has 0 atom stereocenters. The number of benzene rings is 2. The summed E-state index contributed by atoms with van der Waals surface area (Å²) in [4.78, 5) is 36.9. The average Bonchev–Trinajstić information content (AvgIpc) is 2.57. The first-order valence-electron chi connectivity index (χ1n) is 6.82. The van der Waals surface area contributed by atoms with Gasteiger partial charge in [-0.25, -0.2) is 4.98 Å². The van der Waals surface area contributed by atoms with E-state index in [0.29, 0.717) is 5.56 Å². The van der Waals surface area contributed by atoms with Gasteiger partial charge in [-0.1, -0.05) is 12.1 Å². The lowest BCUT2D eigenvalue weighted by molar-refractivity contribution is -0.385. The normalized spacial score (nSPS) is 10.7. The first kappa shape index (κ1) is 15.3. The van der Waals surface area contributed by atoms with Crippen LogP contribution in [0, 0.1) is 20.2 Å². The van der Waals surface area contributed by atoms with Crippen molar-refractivity contribution < 1.29 is 9.85 Å². The van der Waals surface area contributed by atoms with Gasteiger partial charge in [-0.05, 0) is 11.6 Å². The van der Waals surface area contributed by atoms with E-state index in [4.69, 9.17) is 0 Å². The van der Waals surface area contributed by atoms with E-state index in [1.165, 1.54) is 41.2 Å². The van der Waals surface area contributed by atoms with Crippen LogP contribution in [0.15, 0.2) is 53.6 Å². The molecule has 2 aromatic carbocycles. The van der Waals surface area contributed by atoms with Crippen molar-refractivity contribution in [3.8, 4) is 0 Å². The summed E-state index contributed by atoms with van der Waals surface area (Å²) < 4.78 is 1.34. The van der Waals surface area contributed by atoms with Gasteiger partial charge in [0, 0.05) is 24.3 Å². The second-order valence-corrected chi connectivity index (χ2v) is 5.06. The third-order valence-corrected chi connectivity index (χ3v) is 3.52. The Balaban J connectivity index is 1.97. The molecule has 0 aliphatic heterocycles. The third kappa shape index (κ3) is 2.82. The fraction of sp³-hybridized carbons (Fsp3) is 0.0667. The molecule has 0 N–H and O–H groups in total. The number of nitrogens with zero attached hydrogens (tertiary/aromatic N) is 4. The molecule has 0 aliphatic rings. The molecule has 3 rings (SSSR count). The Morgan fingerprint density at radius 1 is 0.958 bits per heavy atom. The Hall–Kier alpha value is -3.62. The molecular weight excluding hydrogens is 316 g/mol. The third-order valence-electron chi connectivity index (χ3n) is 3.52. The van der Waals surface area contributed by atoms with Crippen LogP contribution in [-0.4, -0.2) is 19.4 Å². The highest BCUT2D eigenvalue weighted by molar-refractivity contribution is 5.79. The lowest BCUT2D eigenvalue weighted by Crippen LogP contribution is -2.21. The van der Waals surface area contributed by atoms with Crippen molar-refractivity contribution >= 4 is 22.3 Å². The van der Waals surface area contributed by atoms with Crippen molar-refractivity contribution in [2.75, 3.05) is 0 Å². The number of fused-ring (bicyclic) bond motifs is 1. The molecular formula is C15H10N4O5. The monoisotopic (exact) mass is 326 g/mol. The summed E-state index contributed by atoms with van der Waals surface area (Å²) in [6.07, 6.45) is 1.30. The topological polar surface area (TPSA) is 121 Å². The van der Waals surface area contributed by atoms with E-state index in [1.54, 1.807) is 12.1 Å². The van der Waals surface area contributed by atoms with Crippen LogP contribution in [0.5, 0.6) is 0 Å². The molecule has 1 aromatic heterocycles. The van der Waals surface area contributed by atoms with E-state index < -0.39 is 9.85 Å². The van der Waals surface area contributed by atoms with Gasteiger partial charge >= 0.3 is 0 Å². The molecule has 0 saturated heterocycles. The van der Waals surface area contributed by atoms with E-state index in [-0.39, 0.29) is 34.4 Å². The molecule has 0 fully saturated rings. The Morgan fingerprint density at radius 2 is 1.58 bits per heavy atom. The Kier molecular flexibility index (Phi) is 3.74. The van der Waals surface area contributed by atoms with Gasteiger partial charge in [-0.3, -0.25) is 29.6 Å². The maximum Gasteiger partial charge on any atom is 0.271 e. The Morgan fingerprint density at radius 3 is 2.21 bits per heavy atom. The van der Waals surface area contributed by atoms with Crippen molar-refractivity contribution in [3.05, 3.63) is 84.9 Å². The van der Waals surface area contributed by atoms with Crippen LogP contribution in [0.1, 0.15) is 5.56 Å². The van der Waals surface area contributed by atoms with Crippen molar-refractivity contribution in [2.24, 2.45) is 0 Å². The van der Waals surface area contributed by atoms with Gasteiger partial charge in [-0.2, -0.15) is 0 Å². The van der Waals surface area contributed by atoms with Gasteiger partial charge in [-0.15, -0.1) is 0 Å². The molecule has 0 aliphatic carbocycles. The molecule has 24 heavy (non-hydrogen) atoms. The number of nitro groups is 2. The van der Waals surface area contributed by atoms with E-state index in [2.05, 4.69) is 4.98 Å². The summed E-state index contributed by atoms with van der Waals surface area (Å²) in [7, 11) is 0. The fourth-order valence-corrected chi connectivity index (χ4v) is 2.29. The van der Waals surface area contributed by atoms with E-state index in [1.807, 2.05) is 0 Å². The lowest BCUT2D eigenvalue weighted by atomic mass is 10.2. The minimum Gasteiger partial charge on any atom is -0.294 e. The molecule has 9 heteroatoms. The predicted molar refractivity (Wildman–Crippen MR) is 84.9 cm³/mol. The second-order valence-electron chi connectivity index (χ2n) is 5.06. The molecule has 0 saturated carbocycles. The standard InChI is InChI=1S/C15H10N4O5/c20-15-13-6-5-12(19(23)24)7-14(13)16-9-17(15)8-10-1-3-11(4-2-10)18(21)22/h1-7,9H,8H2. The Bertz CT molecular complexity index is 1010. The maximum absolute atomic E-state index is 12.4. The molecule has 0 amide bonds. The summed E-state index contributed by atoms with van der Waals surface area (Å²) in [5.41, 5.74) is 0.436. The number of aromatic nitrogens is 2. The first-order chi connectivity index (χ1) is 11.5. The summed E-state index contributed by atoms with van der Waals surface area (Å²) in [5, 5.41) is 21.7. The minimum atomic E-state index is -0.552. The zero-order valence-corrected chi connectivity index (χ0v) is 12.2. The van der Waals surface area contributed by atoms with E-state index in [9.17, 15) is 25.0 Å². The highest BCUT2D eigenvalue weighted by Crippen LogP contribution is 2.17. The predicted octanol–water partition coefficient (Wildman–Crippen LogP) is 2.26. The molecule has 0 radical (unpaired) electrons. The van der Waals surface area contributed by atoms with Crippen LogP contribution in [0.25, 0.3) is 10.9 Å². The van der Waals surface area contributed by atoms with Crippen molar-refractivity contribution in [1.82, 2.24) is 9.55 Å². The van der Waals surface area contributed by atoms with Gasteiger partial charge in [0.15, 0.2) is 0 Å². The number of hydrogen-bond acceptors (Lipinski definition) is 6. The minimum absolute atomic E-state index is 0.0324. The zero-order valence-electron chi connectivity index (χ0n) is 12.2. The van der Waals surface area contributed by atoms with Gasteiger partial charge in [0.25, 0.3) is 16.9 Å². The quantitative estimate of drug-likeness (QED) is 0.535. The number of hydrogen-bond donors (Lipinski definition) is 0. The van der Waals surface area contributed by atoms with Crippen LogP contribution in [0.2, 0.25) is 0 Å². The smallest absolute Gasteiger partial charge is 0.271 e. The lowest BCUT2D eigenvalue weighted by Gasteiger charge is -2.06. The molecule has 3 aromatic rings. The summed E-state index contributed by atoms with van der Waals surface area (Å²) in [6, 6.07) is 9.70. The Labute approximate surface area is 134 Å². The SMILES string of the molecule is O=c1c2ccc([N+](=O)[O-])cc2ncn1Cc1ccc([N+](=O)[O-])cc1. The highest BCUT2D eigenvalue weighted by atomic mass is 16.6. The molecule has 120 valence electrons. The molecule has 0 spiro atoms. The van der Waals surface area contributed by atoms with Gasteiger partial charge in [0.1, 0.15) is 0 Å². The van der Waals surface area contributed by atoms with Gasteiger partial charge in [0.05, 0.1) is 33.6 Å². The molecule has 1 heterocycles. The molecule has 9 nitrogen and oxygen atoms in total. The van der Waals surface area contributed by atoms with Gasteiger partial charge < -0.3 is 0 Å². The average molecular weight is 326 g/mol. The fourth-order valence-electron chi connectivity index (χ4n) is 2.29. The van der Waals surface area contributed by atoms with E-state index in [0.717, 1.165) is 0 Å². The van der Waals surface area contributed by atoms with Crippen LogP contribution in [0.4, 0.5) is 11.4 Å². The first-order valence-corrected chi connectivity index (χ1v) is 6.82. The number of nitro benzene ring substituents is 2. The van der Waals surface area contributed by atoms with Crippen molar-refractivity contribution in [1.29, 1.82) is 0 Å². The summed E-state index contributed by atoms with van der Waals surface area (Å²) in [5.74, 6) is 0. The summed E-state index contributed by atoms with van der Waals surface area (Å²) in [6.45, 7) is 0.191.